The Labute approximate surface area is 162 Å². The molecule has 0 rings (SSSR count). The van der Waals surface area contributed by atoms with E-state index in [0.717, 1.165) is 0 Å². The molecule has 27 heavy (non-hydrogen) atoms. The third-order valence-electron chi connectivity index (χ3n) is 3.29. The van der Waals surface area contributed by atoms with Crippen molar-refractivity contribution < 1.29 is 19.1 Å². The van der Waals surface area contributed by atoms with Crippen LogP contribution >= 0.6 is 0 Å². The number of hydrogen-bond acceptors (Lipinski definition) is 5. The van der Waals surface area contributed by atoms with Gasteiger partial charge in [-0.1, -0.05) is 5.11 Å². The van der Waals surface area contributed by atoms with Gasteiger partial charge < -0.3 is 19.3 Å². The SMILES string of the molecule is CCN(CCCN(CCCN=[N+]=[N-])C(=O)OC(C)(C)C)C(=O)OC(C)(C)C. The van der Waals surface area contributed by atoms with E-state index in [0.29, 0.717) is 45.6 Å². The van der Waals surface area contributed by atoms with Crippen molar-refractivity contribution in [1.29, 1.82) is 0 Å². The molecule has 0 aliphatic carbocycles. The Bertz CT molecular complexity index is 519. The van der Waals surface area contributed by atoms with Gasteiger partial charge in [0.25, 0.3) is 0 Å². The lowest BCUT2D eigenvalue weighted by molar-refractivity contribution is 0.0210. The second-order valence-corrected chi connectivity index (χ2v) is 8.19. The highest BCUT2D eigenvalue weighted by molar-refractivity contribution is 5.68. The first-order valence-electron chi connectivity index (χ1n) is 9.36. The number of amides is 2. The van der Waals surface area contributed by atoms with Gasteiger partial charge in [0.15, 0.2) is 0 Å². The molecular formula is C18H35N5O4. The molecule has 0 fully saturated rings. The maximum atomic E-state index is 12.4. The van der Waals surface area contributed by atoms with Crippen LogP contribution in [0.3, 0.4) is 0 Å². The average molecular weight is 386 g/mol. The van der Waals surface area contributed by atoms with E-state index in [1.807, 2.05) is 48.5 Å². The van der Waals surface area contributed by atoms with E-state index in [2.05, 4.69) is 10.0 Å². The van der Waals surface area contributed by atoms with Gasteiger partial charge in [0.05, 0.1) is 0 Å². The van der Waals surface area contributed by atoms with Gasteiger partial charge in [-0.2, -0.15) is 0 Å². The van der Waals surface area contributed by atoms with E-state index in [4.69, 9.17) is 15.0 Å². The first kappa shape index (κ1) is 24.8. The minimum absolute atomic E-state index is 0.314. The molecule has 0 N–H and O–H groups in total. The number of carbonyl (C=O) groups is 2. The molecule has 0 aliphatic heterocycles. The third-order valence-corrected chi connectivity index (χ3v) is 3.29. The molecular weight excluding hydrogens is 350 g/mol. The van der Waals surface area contributed by atoms with E-state index < -0.39 is 17.3 Å². The fraction of sp³-hybridized carbons (Fsp3) is 0.889. The third kappa shape index (κ3) is 12.8. The summed E-state index contributed by atoms with van der Waals surface area (Å²) in [4.78, 5) is 30.5. The lowest BCUT2D eigenvalue weighted by atomic mass is 10.2. The van der Waals surface area contributed by atoms with Crippen molar-refractivity contribution in [2.45, 2.75) is 72.5 Å². The van der Waals surface area contributed by atoms with Crippen LogP contribution < -0.4 is 0 Å². The Kier molecular flexibility index (Phi) is 10.6. The van der Waals surface area contributed by atoms with Crippen molar-refractivity contribution in [3.8, 4) is 0 Å². The van der Waals surface area contributed by atoms with Gasteiger partial charge in [-0.05, 0) is 66.8 Å². The molecule has 0 saturated carbocycles. The lowest BCUT2D eigenvalue weighted by Gasteiger charge is -2.29. The Morgan fingerprint density at radius 3 is 1.78 bits per heavy atom. The van der Waals surface area contributed by atoms with Crippen LogP contribution in [0.15, 0.2) is 5.11 Å². The van der Waals surface area contributed by atoms with Crippen LogP contribution in [0.25, 0.3) is 10.4 Å². The van der Waals surface area contributed by atoms with Gasteiger partial charge in [0.2, 0.25) is 0 Å². The normalized spacial score (nSPS) is 11.4. The molecule has 156 valence electrons. The largest absolute Gasteiger partial charge is 0.444 e. The van der Waals surface area contributed by atoms with Crippen molar-refractivity contribution in [2.24, 2.45) is 5.11 Å². The second-order valence-electron chi connectivity index (χ2n) is 8.19. The van der Waals surface area contributed by atoms with Crippen LogP contribution in [-0.4, -0.2) is 65.9 Å². The Morgan fingerprint density at radius 1 is 0.889 bits per heavy atom. The molecule has 0 aromatic heterocycles. The first-order valence-corrected chi connectivity index (χ1v) is 9.36. The lowest BCUT2D eigenvalue weighted by Crippen LogP contribution is -2.41. The highest BCUT2D eigenvalue weighted by Gasteiger charge is 2.23. The van der Waals surface area contributed by atoms with Gasteiger partial charge in [0, 0.05) is 37.6 Å². The van der Waals surface area contributed by atoms with Crippen molar-refractivity contribution in [1.82, 2.24) is 9.80 Å². The number of carbonyl (C=O) groups excluding carboxylic acids is 2. The highest BCUT2D eigenvalue weighted by atomic mass is 16.6. The summed E-state index contributed by atoms with van der Waals surface area (Å²) < 4.78 is 10.8. The summed E-state index contributed by atoms with van der Waals surface area (Å²) in [5, 5.41) is 3.49. The van der Waals surface area contributed by atoms with E-state index in [1.54, 1.807) is 9.80 Å². The fourth-order valence-electron chi connectivity index (χ4n) is 2.16. The molecule has 0 heterocycles. The average Bonchev–Trinajstić information content (AvgIpc) is 2.49. The van der Waals surface area contributed by atoms with Crippen LogP contribution in [0.2, 0.25) is 0 Å². The van der Waals surface area contributed by atoms with Gasteiger partial charge in [-0.3, -0.25) is 0 Å². The van der Waals surface area contributed by atoms with Crippen LogP contribution in [0.1, 0.15) is 61.3 Å². The topological polar surface area (TPSA) is 108 Å². The van der Waals surface area contributed by atoms with Crippen LogP contribution in [0.4, 0.5) is 9.59 Å². The molecule has 0 aromatic rings. The molecule has 0 atom stereocenters. The maximum absolute atomic E-state index is 12.4. The van der Waals surface area contributed by atoms with Gasteiger partial charge in [-0.25, -0.2) is 9.59 Å². The molecule has 0 spiro atoms. The maximum Gasteiger partial charge on any atom is 0.410 e. The molecule has 9 nitrogen and oxygen atoms in total. The molecule has 0 aromatic carbocycles. The molecule has 0 saturated heterocycles. The molecule has 2 amide bonds. The number of rotatable bonds is 9. The Morgan fingerprint density at radius 2 is 1.33 bits per heavy atom. The van der Waals surface area contributed by atoms with Crippen LogP contribution in [-0.2, 0) is 9.47 Å². The second kappa shape index (κ2) is 11.5. The fourth-order valence-corrected chi connectivity index (χ4v) is 2.16. The van der Waals surface area contributed by atoms with E-state index >= 15 is 0 Å². The van der Waals surface area contributed by atoms with Crippen LogP contribution in [0, 0.1) is 0 Å². The van der Waals surface area contributed by atoms with E-state index in [9.17, 15) is 9.59 Å². The van der Waals surface area contributed by atoms with Gasteiger partial charge in [0.1, 0.15) is 11.2 Å². The molecule has 0 aliphatic rings. The van der Waals surface area contributed by atoms with E-state index in [-0.39, 0.29) is 6.09 Å². The standard InChI is InChI=1S/C18H35N5O4/c1-8-22(15(24)26-17(2,3)4)13-10-14-23(12-9-11-20-21-19)16(25)27-18(5,6)7/h8-14H2,1-7H3. The molecule has 0 bridgehead atoms. The number of ether oxygens (including phenoxy) is 2. The number of azide groups is 1. The Balaban J connectivity index is 4.73. The molecule has 9 heteroatoms. The van der Waals surface area contributed by atoms with Gasteiger partial charge >= 0.3 is 12.2 Å². The zero-order valence-electron chi connectivity index (χ0n) is 17.8. The number of hydrogen-bond donors (Lipinski definition) is 0. The number of nitrogens with zero attached hydrogens (tertiary/aromatic N) is 5. The minimum Gasteiger partial charge on any atom is -0.444 e. The van der Waals surface area contributed by atoms with Gasteiger partial charge in [-0.15, -0.1) is 0 Å². The van der Waals surface area contributed by atoms with Crippen molar-refractivity contribution in [2.75, 3.05) is 32.7 Å². The smallest absolute Gasteiger partial charge is 0.410 e. The summed E-state index contributed by atoms with van der Waals surface area (Å²) in [5.74, 6) is 0. The zero-order chi connectivity index (χ0) is 21.1. The van der Waals surface area contributed by atoms with Crippen LogP contribution in [0.5, 0.6) is 0 Å². The summed E-state index contributed by atoms with van der Waals surface area (Å²) in [6.07, 6.45) is 0.363. The minimum atomic E-state index is -0.591. The monoisotopic (exact) mass is 385 g/mol. The molecule has 0 radical (unpaired) electrons. The summed E-state index contributed by atoms with van der Waals surface area (Å²) in [5.41, 5.74) is 7.22. The Hall–Kier alpha value is -2.15. The van der Waals surface area contributed by atoms with Crippen molar-refractivity contribution in [3.63, 3.8) is 0 Å². The van der Waals surface area contributed by atoms with Crippen molar-refractivity contribution in [3.05, 3.63) is 10.4 Å². The first-order chi connectivity index (χ1) is 12.4. The predicted octanol–water partition coefficient (Wildman–Crippen LogP) is 4.57. The summed E-state index contributed by atoms with van der Waals surface area (Å²) >= 11 is 0. The highest BCUT2D eigenvalue weighted by Crippen LogP contribution is 2.12. The summed E-state index contributed by atoms with van der Waals surface area (Å²) in [6, 6.07) is 0. The summed E-state index contributed by atoms with van der Waals surface area (Å²) in [6.45, 7) is 15.0. The predicted molar refractivity (Wildman–Crippen MR) is 105 cm³/mol. The van der Waals surface area contributed by atoms with E-state index in [1.165, 1.54) is 0 Å². The summed E-state index contributed by atoms with van der Waals surface area (Å²) in [7, 11) is 0. The zero-order valence-corrected chi connectivity index (χ0v) is 17.8. The quantitative estimate of drug-likeness (QED) is 0.251. The molecule has 0 unspecified atom stereocenters. The van der Waals surface area contributed by atoms with Crippen molar-refractivity contribution >= 4 is 12.2 Å².